The summed E-state index contributed by atoms with van der Waals surface area (Å²) in [4.78, 5) is 0.227. The molecule has 0 saturated carbocycles. The molecule has 1 aromatic heterocycles. The van der Waals surface area contributed by atoms with E-state index >= 15 is 0 Å². The van der Waals surface area contributed by atoms with E-state index in [1.165, 1.54) is 3.97 Å². The normalized spacial score (nSPS) is 18.7. The van der Waals surface area contributed by atoms with Crippen LogP contribution in [0.2, 0.25) is 0 Å². The highest BCUT2D eigenvalue weighted by Gasteiger charge is 2.54. The molecule has 0 unspecified atom stereocenters. The Labute approximate surface area is 179 Å². The molecule has 0 N–H and O–H groups in total. The molecule has 0 atom stereocenters. The van der Waals surface area contributed by atoms with Crippen molar-refractivity contribution in [2.75, 3.05) is 0 Å². The van der Waals surface area contributed by atoms with Gasteiger partial charge in [0.1, 0.15) is 0 Å². The van der Waals surface area contributed by atoms with Gasteiger partial charge in [0.2, 0.25) is 0 Å². The summed E-state index contributed by atoms with van der Waals surface area (Å²) < 4.78 is 41.8. The molecule has 1 saturated heterocycles. The number of nitrogens with zero attached hydrogens (tertiary/aromatic N) is 1. The lowest BCUT2D eigenvalue weighted by Gasteiger charge is -2.32. The number of halogens is 1. The number of para-hydroxylation sites is 1. The smallest absolute Gasteiger partial charge is 0.398 e. The monoisotopic (exact) mass is 509 g/mol. The molecular formula is C20H21BINO4S. The quantitative estimate of drug-likeness (QED) is 0.399. The largest absolute Gasteiger partial charge is 0.514 e. The first-order valence-corrected chi connectivity index (χ1v) is 11.5. The van der Waals surface area contributed by atoms with E-state index in [4.69, 9.17) is 9.31 Å². The van der Waals surface area contributed by atoms with Crippen molar-refractivity contribution >= 4 is 56.2 Å². The molecule has 1 aliphatic heterocycles. The Morgan fingerprint density at radius 1 is 0.893 bits per heavy atom. The number of benzene rings is 2. The predicted octanol–water partition coefficient (Wildman–Crippen LogP) is 3.78. The molecule has 2 heterocycles. The Hall–Kier alpha value is -1.36. The molecule has 1 fully saturated rings. The molecule has 0 amide bonds. The molecule has 5 nitrogen and oxygen atoms in total. The molecule has 0 bridgehead atoms. The van der Waals surface area contributed by atoms with Crippen molar-refractivity contribution in [3.05, 3.63) is 58.2 Å². The first kappa shape index (κ1) is 19.9. The third-order valence-corrected chi connectivity index (χ3v) is 8.44. The van der Waals surface area contributed by atoms with Gasteiger partial charge in [0, 0.05) is 8.96 Å². The van der Waals surface area contributed by atoms with Crippen molar-refractivity contribution in [3.8, 4) is 0 Å². The Balaban J connectivity index is 2.01. The third kappa shape index (κ3) is 2.92. The first-order valence-electron chi connectivity index (χ1n) is 9.01. The third-order valence-electron chi connectivity index (χ3n) is 5.56. The average Bonchev–Trinajstić information content (AvgIpc) is 3.06. The molecule has 3 aromatic rings. The Kier molecular flexibility index (Phi) is 4.69. The number of aromatic nitrogens is 1. The first-order chi connectivity index (χ1) is 13.1. The minimum absolute atomic E-state index is 0.227. The van der Waals surface area contributed by atoms with Gasteiger partial charge < -0.3 is 9.31 Å². The van der Waals surface area contributed by atoms with Crippen molar-refractivity contribution < 1.29 is 17.7 Å². The van der Waals surface area contributed by atoms with Gasteiger partial charge in [0.25, 0.3) is 10.0 Å². The molecule has 1 aliphatic rings. The van der Waals surface area contributed by atoms with Crippen LogP contribution in [0.1, 0.15) is 27.7 Å². The number of rotatable bonds is 3. The van der Waals surface area contributed by atoms with Gasteiger partial charge in [-0.15, -0.1) is 0 Å². The van der Waals surface area contributed by atoms with Gasteiger partial charge in [-0.3, -0.25) is 0 Å². The zero-order valence-electron chi connectivity index (χ0n) is 16.1. The van der Waals surface area contributed by atoms with Gasteiger partial charge in [-0.05, 0) is 68.5 Å². The lowest BCUT2D eigenvalue weighted by atomic mass is 9.85. The highest BCUT2D eigenvalue weighted by molar-refractivity contribution is 14.1. The fourth-order valence-corrected chi connectivity index (χ4v) is 5.99. The van der Waals surface area contributed by atoms with Crippen LogP contribution >= 0.6 is 22.6 Å². The fourth-order valence-electron chi connectivity index (χ4n) is 3.30. The maximum absolute atomic E-state index is 13.6. The summed E-state index contributed by atoms with van der Waals surface area (Å²) in [5.41, 5.74) is -0.0263. The highest BCUT2D eigenvalue weighted by atomic mass is 127. The molecule has 0 radical (unpaired) electrons. The van der Waals surface area contributed by atoms with Gasteiger partial charge in [0.05, 0.1) is 27.2 Å². The van der Waals surface area contributed by atoms with Crippen LogP contribution < -0.4 is 5.59 Å². The van der Waals surface area contributed by atoms with Crippen LogP contribution in [0.15, 0.2) is 59.5 Å². The van der Waals surface area contributed by atoms with Gasteiger partial charge in [-0.1, -0.05) is 36.4 Å². The molecular weight excluding hydrogens is 488 g/mol. The predicted molar refractivity (Wildman–Crippen MR) is 119 cm³/mol. The Morgan fingerprint density at radius 2 is 1.43 bits per heavy atom. The van der Waals surface area contributed by atoms with E-state index < -0.39 is 28.3 Å². The lowest BCUT2D eigenvalue weighted by Crippen LogP contribution is -2.43. The van der Waals surface area contributed by atoms with E-state index in [9.17, 15) is 8.42 Å². The zero-order valence-corrected chi connectivity index (χ0v) is 19.1. The van der Waals surface area contributed by atoms with E-state index in [-0.39, 0.29) is 4.90 Å². The van der Waals surface area contributed by atoms with Crippen molar-refractivity contribution in [1.29, 1.82) is 0 Å². The Bertz CT molecular complexity index is 1140. The summed E-state index contributed by atoms with van der Waals surface area (Å²) in [6.07, 6.45) is 0. The summed E-state index contributed by atoms with van der Waals surface area (Å²) in [7, 11) is -4.62. The molecule has 4 rings (SSSR count). The summed E-state index contributed by atoms with van der Waals surface area (Å²) >= 11 is 2.19. The van der Waals surface area contributed by atoms with Crippen LogP contribution in [-0.2, 0) is 19.3 Å². The average molecular weight is 509 g/mol. The van der Waals surface area contributed by atoms with Crippen molar-refractivity contribution in [2.45, 2.75) is 43.8 Å². The van der Waals surface area contributed by atoms with E-state index in [0.717, 1.165) is 8.96 Å². The Morgan fingerprint density at radius 3 is 2.04 bits per heavy atom. The maximum Gasteiger partial charge on any atom is 0.514 e. The van der Waals surface area contributed by atoms with E-state index in [2.05, 4.69) is 22.6 Å². The van der Waals surface area contributed by atoms with Crippen LogP contribution in [0, 0.1) is 3.57 Å². The molecule has 8 heteroatoms. The second-order valence-electron chi connectivity index (χ2n) is 7.89. The van der Waals surface area contributed by atoms with Crippen molar-refractivity contribution in [3.63, 3.8) is 0 Å². The van der Waals surface area contributed by atoms with E-state index in [1.807, 2.05) is 52.0 Å². The molecule has 0 spiro atoms. The zero-order chi connectivity index (χ0) is 20.3. The molecule has 28 heavy (non-hydrogen) atoms. The van der Waals surface area contributed by atoms with Crippen LogP contribution in [0.4, 0.5) is 0 Å². The molecule has 2 aromatic carbocycles. The van der Waals surface area contributed by atoms with E-state index in [1.54, 1.807) is 30.3 Å². The SMILES string of the molecule is CC1(C)OB(c2c(I)c3ccccc3n2S(=O)(=O)c2ccccc2)OC1(C)C. The minimum atomic E-state index is -3.84. The fraction of sp³-hybridized carbons (Fsp3) is 0.300. The maximum atomic E-state index is 13.6. The highest BCUT2D eigenvalue weighted by Crippen LogP contribution is 2.38. The topological polar surface area (TPSA) is 57.5 Å². The second kappa shape index (κ2) is 6.58. The number of fused-ring (bicyclic) bond motifs is 1. The van der Waals surface area contributed by atoms with E-state index in [0.29, 0.717) is 11.1 Å². The number of hydrogen-bond donors (Lipinski definition) is 0. The molecule has 0 aliphatic carbocycles. The summed E-state index contributed by atoms with van der Waals surface area (Å²) in [5.74, 6) is 0. The van der Waals surface area contributed by atoms with Crippen LogP contribution in [-0.4, -0.2) is 30.7 Å². The van der Waals surface area contributed by atoms with Crippen LogP contribution in [0.5, 0.6) is 0 Å². The van der Waals surface area contributed by atoms with Gasteiger partial charge >= 0.3 is 7.12 Å². The van der Waals surface area contributed by atoms with Crippen molar-refractivity contribution in [2.24, 2.45) is 0 Å². The standard InChI is InChI=1S/C20H21BINO4S/c1-19(2)20(3,4)27-21(26-19)18-17(22)15-12-8-9-13-16(15)23(18)28(24,25)14-10-6-5-7-11-14/h5-13H,1-4H3. The van der Waals surface area contributed by atoms with Crippen molar-refractivity contribution in [1.82, 2.24) is 3.97 Å². The second-order valence-corrected chi connectivity index (χ2v) is 10.8. The lowest BCUT2D eigenvalue weighted by molar-refractivity contribution is 0.00578. The summed E-state index contributed by atoms with van der Waals surface area (Å²) in [6.45, 7) is 7.83. The van der Waals surface area contributed by atoms with Gasteiger partial charge in [0.15, 0.2) is 0 Å². The van der Waals surface area contributed by atoms with Gasteiger partial charge in [-0.2, -0.15) is 0 Å². The van der Waals surface area contributed by atoms with Crippen LogP contribution in [0.3, 0.4) is 0 Å². The van der Waals surface area contributed by atoms with Gasteiger partial charge in [-0.25, -0.2) is 12.4 Å². The van der Waals surface area contributed by atoms with Crippen LogP contribution in [0.25, 0.3) is 10.9 Å². The summed E-state index contributed by atoms with van der Waals surface area (Å²) in [5, 5.41) is 0.854. The molecule has 146 valence electrons. The number of hydrogen-bond acceptors (Lipinski definition) is 4. The minimum Gasteiger partial charge on any atom is -0.398 e. The summed E-state index contributed by atoms with van der Waals surface area (Å²) in [6, 6.07) is 15.9.